The average molecular weight is 280 g/mol. The van der Waals surface area contributed by atoms with Gasteiger partial charge in [0.25, 0.3) is 10.0 Å². The first-order valence-electron chi connectivity index (χ1n) is 5.73. The van der Waals surface area contributed by atoms with Gasteiger partial charge in [0.05, 0.1) is 5.69 Å². The van der Waals surface area contributed by atoms with Crippen LogP contribution in [0.4, 0.5) is 5.69 Å². The third-order valence-corrected chi connectivity index (χ3v) is 4.10. The van der Waals surface area contributed by atoms with Gasteiger partial charge < -0.3 is 10.3 Å². The molecule has 0 unspecified atom stereocenters. The Balaban J connectivity index is 2.32. The number of rotatable bonds is 4. The van der Waals surface area contributed by atoms with E-state index >= 15 is 0 Å². The van der Waals surface area contributed by atoms with Crippen LogP contribution in [0.1, 0.15) is 11.4 Å². The van der Waals surface area contributed by atoms with Gasteiger partial charge in [-0.25, -0.2) is 8.42 Å². The molecule has 0 aliphatic carbocycles. The number of anilines is 1. The summed E-state index contributed by atoms with van der Waals surface area (Å²) in [4.78, 5) is 4.22. The molecule has 0 saturated heterocycles. The van der Waals surface area contributed by atoms with E-state index in [4.69, 9.17) is 5.73 Å². The van der Waals surface area contributed by atoms with Gasteiger partial charge in [-0.3, -0.25) is 9.71 Å². The quantitative estimate of drug-likeness (QED) is 0.873. The van der Waals surface area contributed by atoms with Crippen molar-refractivity contribution in [3.63, 3.8) is 0 Å². The number of hydrogen-bond acceptors (Lipinski definition) is 4. The lowest BCUT2D eigenvalue weighted by Crippen LogP contribution is -2.12. The fourth-order valence-electron chi connectivity index (χ4n) is 1.75. The van der Waals surface area contributed by atoms with Gasteiger partial charge in [0, 0.05) is 37.4 Å². The molecule has 0 amide bonds. The van der Waals surface area contributed by atoms with E-state index in [2.05, 4.69) is 9.71 Å². The smallest absolute Gasteiger partial charge is 0.263 e. The highest BCUT2D eigenvalue weighted by molar-refractivity contribution is 7.92. The Kier molecular flexibility index (Phi) is 3.59. The molecule has 3 N–H and O–H groups in total. The fourth-order valence-corrected chi connectivity index (χ4v) is 2.89. The summed E-state index contributed by atoms with van der Waals surface area (Å²) < 4.78 is 28.6. The second-order valence-corrected chi connectivity index (χ2v) is 5.96. The van der Waals surface area contributed by atoms with Gasteiger partial charge in [0.2, 0.25) is 0 Å². The Bertz CT molecular complexity index is 692. The zero-order chi connectivity index (χ0) is 14.0. The summed E-state index contributed by atoms with van der Waals surface area (Å²) in [6.07, 6.45) is 3.10. The van der Waals surface area contributed by atoms with E-state index in [9.17, 15) is 8.42 Å². The number of nitrogens with zero attached hydrogens (tertiary/aromatic N) is 2. The van der Waals surface area contributed by atoms with Gasteiger partial charge in [-0.1, -0.05) is 0 Å². The van der Waals surface area contributed by atoms with Crippen LogP contribution in [0.2, 0.25) is 0 Å². The summed E-state index contributed by atoms with van der Waals surface area (Å²) >= 11 is 0. The molecule has 6 nitrogen and oxygen atoms in total. The summed E-state index contributed by atoms with van der Waals surface area (Å²) in [5.74, 6) is 0. The molecule has 2 rings (SSSR count). The van der Waals surface area contributed by atoms with Gasteiger partial charge in [-0.05, 0) is 25.1 Å². The average Bonchev–Trinajstić information content (AvgIpc) is 2.71. The Morgan fingerprint density at radius 3 is 2.74 bits per heavy atom. The molecule has 0 radical (unpaired) electrons. The van der Waals surface area contributed by atoms with Crippen LogP contribution in [0.5, 0.6) is 0 Å². The van der Waals surface area contributed by atoms with Crippen LogP contribution in [-0.2, 0) is 23.6 Å². The molecular formula is C12H16N4O2S. The first-order valence-corrected chi connectivity index (χ1v) is 7.21. The molecule has 0 aliphatic heterocycles. The molecule has 19 heavy (non-hydrogen) atoms. The molecule has 2 aromatic heterocycles. The summed E-state index contributed by atoms with van der Waals surface area (Å²) in [6.45, 7) is 2.09. The molecule has 2 aromatic rings. The SMILES string of the molecule is Cc1cc(NS(=O)(=O)c2cc(CN)n(C)c2)ccn1. The van der Waals surface area contributed by atoms with Crippen LogP contribution in [0.3, 0.4) is 0 Å². The number of pyridine rings is 1. The zero-order valence-electron chi connectivity index (χ0n) is 10.8. The summed E-state index contributed by atoms with van der Waals surface area (Å²) in [7, 11) is -1.83. The molecule has 0 spiro atoms. The minimum atomic E-state index is -3.60. The third-order valence-electron chi connectivity index (χ3n) is 2.75. The standard InChI is InChI=1S/C12H16N4O2S/c1-9-5-10(3-4-14-9)15-19(17,18)12-6-11(7-13)16(2)8-12/h3-6,8H,7,13H2,1-2H3,(H,14,15). The molecule has 0 atom stereocenters. The van der Waals surface area contributed by atoms with E-state index in [1.54, 1.807) is 49.1 Å². The predicted octanol–water partition coefficient (Wildman–Crippen LogP) is 0.988. The van der Waals surface area contributed by atoms with Crippen molar-refractivity contribution in [1.82, 2.24) is 9.55 Å². The van der Waals surface area contributed by atoms with Crippen LogP contribution < -0.4 is 10.5 Å². The van der Waals surface area contributed by atoms with Gasteiger partial charge in [0.15, 0.2) is 0 Å². The maximum atomic E-state index is 12.2. The Labute approximate surface area is 112 Å². The Morgan fingerprint density at radius 1 is 1.42 bits per heavy atom. The Morgan fingerprint density at radius 2 is 2.16 bits per heavy atom. The maximum absolute atomic E-state index is 12.2. The van der Waals surface area contributed by atoms with Gasteiger partial charge in [-0.15, -0.1) is 0 Å². The number of aromatic nitrogens is 2. The molecular weight excluding hydrogens is 264 g/mol. The first-order chi connectivity index (χ1) is 8.92. The lowest BCUT2D eigenvalue weighted by atomic mass is 10.3. The number of nitrogens with one attached hydrogen (secondary N) is 1. The lowest BCUT2D eigenvalue weighted by molar-refractivity contribution is 0.601. The van der Waals surface area contributed by atoms with E-state index in [0.29, 0.717) is 12.2 Å². The minimum Gasteiger partial charge on any atom is -0.352 e. The van der Waals surface area contributed by atoms with Crippen molar-refractivity contribution in [1.29, 1.82) is 0 Å². The van der Waals surface area contributed by atoms with Crippen LogP contribution in [0, 0.1) is 6.92 Å². The molecule has 0 bridgehead atoms. The van der Waals surface area contributed by atoms with E-state index < -0.39 is 10.0 Å². The van der Waals surface area contributed by atoms with Crippen molar-refractivity contribution in [2.24, 2.45) is 12.8 Å². The summed E-state index contributed by atoms with van der Waals surface area (Å²) in [5, 5.41) is 0. The zero-order valence-corrected chi connectivity index (χ0v) is 11.6. The third kappa shape index (κ3) is 2.94. The Hall–Kier alpha value is -1.86. The van der Waals surface area contributed by atoms with Crippen LogP contribution in [-0.4, -0.2) is 18.0 Å². The number of nitrogens with two attached hydrogens (primary N) is 1. The topological polar surface area (TPSA) is 90.0 Å². The molecule has 0 fully saturated rings. The highest BCUT2D eigenvalue weighted by Gasteiger charge is 2.17. The molecule has 0 aromatic carbocycles. The van der Waals surface area contributed by atoms with Crippen molar-refractivity contribution in [3.8, 4) is 0 Å². The summed E-state index contributed by atoms with van der Waals surface area (Å²) in [5.41, 5.74) is 7.53. The van der Waals surface area contributed by atoms with Gasteiger partial charge >= 0.3 is 0 Å². The minimum absolute atomic E-state index is 0.199. The molecule has 2 heterocycles. The van der Waals surface area contributed by atoms with Crippen LogP contribution >= 0.6 is 0 Å². The monoisotopic (exact) mass is 280 g/mol. The molecule has 102 valence electrons. The van der Waals surface area contributed by atoms with E-state index in [-0.39, 0.29) is 4.90 Å². The van der Waals surface area contributed by atoms with Crippen molar-refractivity contribution in [2.75, 3.05) is 4.72 Å². The normalized spacial score (nSPS) is 11.5. The molecule has 0 aliphatic rings. The van der Waals surface area contributed by atoms with E-state index in [0.717, 1.165) is 11.4 Å². The first kappa shape index (κ1) is 13.6. The van der Waals surface area contributed by atoms with Gasteiger partial charge in [0.1, 0.15) is 4.90 Å². The fraction of sp³-hybridized carbons (Fsp3) is 0.250. The van der Waals surface area contributed by atoms with Gasteiger partial charge in [-0.2, -0.15) is 0 Å². The second kappa shape index (κ2) is 5.02. The second-order valence-electron chi connectivity index (χ2n) is 4.27. The molecule has 0 saturated carbocycles. The number of aryl methyl sites for hydroxylation is 2. The largest absolute Gasteiger partial charge is 0.352 e. The number of sulfonamides is 1. The number of hydrogen-bond donors (Lipinski definition) is 2. The van der Waals surface area contributed by atoms with Crippen LogP contribution in [0.15, 0.2) is 35.5 Å². The van der Waals surface area contributed by atoms with Crippen molar-refractivity contribution in [2.45, 2.75) is 18.4 Å². The highest BCUT2D eigenvalue weighted by atomic mass is 32.2. The van der Waals surface area contributed by atoms with Crippen molar-refractivity contribution in [3.05, 3.63) is 42.0 Å². The van der Waals surface area contributed by atoms with Crippen LogP contribution in [0.25, 0.3) is 0 Å². The maximum Gasteiger partial charge on any atom is 0.263 e. The van der Waals surface area contributed by atoms with E-state index in [1.165, 1.54) is 0 Å². The highest BCUT2D eigenvalue weighted by Crippen LogP contribution is 2.18. The predicted molar refractivity (Wildman–Crippen MR) is 73.1 cm³/mol. The summed E-state index contributed by atoms with van der Waals surface area (Å²) in [6, 6.07) is 4.85. The lowest BCUT2D eigenvalue weighted by Gasteiger charge is -2.06. The van der Waals surface area contributed by atoms with Crippen molar-refractivity contribution < 1.29 is 8.42 Å². The molecule has 7 heteroatoms. The van der Waals surface area contributed by atoms with Crippen molar-refractivity contribution >= 4 is 15.7 Å². The van der Waals surface area contributed by atoms with E-state index in [1.807, 2.05) is 0 Å².